The standard InChI is InChI=1S/C37H50/c1-22(2)32-25(5)19-36(10)21-35(9)20-31-30(18-29-15-12-23(3)13-16-29)17-14-24(4)33(31)26(6)34(35)28(8)37(36,11)27(32)7/h14,17,23,29H,1,6-7,12-13,15-16,18-21H2,2-5,8-11H3/t23?,29?,35-,36+,37-/m1/s1. The van der Waals surface area contributed by atoms with Gasteiger partial charge in [0.2, 0.25) is 0 Å². The number of allylic oxidation sites excluding steroid dienone is 7. The lowest BCUT2D eigenvalue weighted by atomic mass is 9.41. The van der Waals surface area contributed by atoms with Gasteiger partial charge >= 0.3 is 0 Å². The highest BCUT2D eigenvalue weighted by Gasteiger charge is 2.59. The fourth-order valence-electron chi connectivity index (χ4n) is 9.64. The summed E-state index contributed by atoms with van der Waals surface area (Å²) in [6.45, 7) is 33.2. The van der Waals surface area contributed by atoms with E-state index in [2.05, 4.69) is 74.1 Å². The monoisotopic (exact) mass is 494 g/mol. The molecule has 1 aromatic carbocycles. The van der Waals surface area contributed by atoms with Crippen molar-refractivity contribution in [3.63, 3.8) is 0 Å². The van der Waals surface area contributed by atoms with Crippen molar-refractivity contribution in [2.45, 2.75) is 107 Å². The van der Waals surface area contributed by atoms with E-state index >= 15 is 0 Å². The van der Waals surface area contributed by atoms with Crippen molar-refractivity contribution in [3.8, 4) is 0 Å². The molecule has 37 heavy (non-hydrogen) atoms. The highest BCUT2D eigenvalue weighted by atomic mass is 14.6. The minimum atomic E-state index is -0.0830. The van der Waals surface area contributed by atoms with Gasteiger partial charge in [0.1, 0.15) is 0 Å². The van der Waals surface area contributed by atoms with Crippen molar-refractivity contribution in [2.75, 3.05) is 0 Å². The van der Waals surface area contributed by atoms with Crippen molar-refractivity contribution in [1.82, 2.24) is 0 Å². The molecule has 0 radical (unpaired) electrons. The number of aryl methyl sites for hydroxylation is 1. The summed E-state index contributed by atoms with van der Waals surface area (Å²) in [5, 5.41) is 0. The van der Waals surface area contributed by atoms with Crippen molar-refractivity contribution in [2.24, 2.45) is 28.1 Å². The molecule has 0 saturated heterocycles. The first-order valence-corrected chi connectivity index (χ1v) is 14.8. The predicted octanol–water partition coefficient (Wildman–Crippen LogP) is 10.5. The maximum atomic E-state index is 4.86. The van der Waals surface area contributed by atoms with Gasteiger partial charge in [0.15, 0.2) is 0 Å². The fraction of sp³-hybridized carbons (Fsp3) is 0.568. The average molecular weight is 495 g/mol. The second kappa shape index (κ2) is 8.72. The van der Waals surface area contributed by atoms with Crippen LogP contribution in [0.15, 0.2) is 65.3 Å². The first kappa shape index (κ1) is 26.5. The topological polar surface area (TPSA) is 0 Å². The van der Waals surface area contributed by atoms with E-state index < -0.39 is 0 Å². The number of hydrogen-bond donors (Lipinski definition) is 0. The molecule has 0 aromatic heterocycles. The van der Waals surface area contributed by atoms with Gasteiger partial charge in [-0.2, -0.15) is 0 Å². The minimum Gasteiger partial charge on any atom is -0.0955 e. The van der Waals surface area contributed by atoms with E-state index in [4.69, 9.17) is 13.2 Å². The summed E-state index contributed by atoms with van der Waals surface area (Å²) in [5.74, 6) is 1.74. The van der Waals surface area contributed by atoms with Crippen molar-refractivity contribution < 1.29 is 0 Å². The van der Waals surface area contributed by atoms with E-state index in [0.717, 1.165) is 30.3 Å². The van der Waals surface area contributed by atoms with Gasteiger partial charge in [0.25, 0.3) is 0 Å². The van der Waals surface area contributed by atoms with Gasteiger partial charge in [-0.25, -0.2) is 0 Å². The largest absolute Gasteiger partial charge is 0.0955 e. The van der Waals surface area contributed by atoms with Crippen LogP contribution in [0.4, 0.5) is 0 Å². The van der Waals surface area contributed by atoms with Gasteiger partial charge in [-0.15, -0.1) is 0 Å². The Bertz CT molecular complexity index is 1270. The molecule has 0 bridgehead atoms. The molecular weight excluding hydrogens is 444 g/mol. The lowest BCUT2D eigenvalue weighted by Gasteiger charge is -2.62. The molecule has 0 heterocycles. The number of rotatable bonds is 3. The van der Waals surface area contributed by atoms with Gasteiger partial charge in [-0.05, 0) is 133 Å². The van der Waals surface area contributed by atoms with Crippen LogP contribution >= 0.6 is 0 Å². The lowest BCUT2D eigenvalue weighted by Crippen LogP contribution is -2.52. The normalized spacial score (nSPS) is 35.8. The molecule has 0 nitrogen and oxygen atoms in total. The highest BCUT2D eigenvalue weighted by molar-refractivity contribution is 5.87. The average Bonchev–Trinajstić information content (AvgIpc) is 2.79. The SMILES string of the molecule is C=C(C)C1=C(C)C[C@@]2(C)C[C@@]3(C)Cc4c(CC5CCC(C)CC5)ccc(C)c4C(=C)C3=C(C)[C@@]2(C)C1=C. The molecule has 0 unspecified atom stereocenters. The second-order valence-electron chi connectivity index (χ2n) is 14.4. The van der Waals surface area contributed by atoms with Crippen LogP contribution in [0.2, 0.25) is 0 Å². The van der Waals surface area contributed by atoms with Gasteiger partial charge in [0.05, 0.1) is 0 Å². The molecule has 0 heteroatoms. The Hall–Kier alpha value is -2.08. The van der Waals surface area contributed by atoms with Gasteiger partial charge < -0.3 is 0 Å². The van der Waals surface area contributed by atoms with E-state index in [0.29, 0.717) is 0 Å². The summed E-state index contributed by atoms with van der Waals surface area (Å²) in [7, 11) is 0. The minimum absolute atomic E-state index is 0.0830. The van der Waals surface area contributed by atoms with Gasteiger partial charge in [0, 0.05) is 5.41 Å². The summed E-state index contributed by atoms with van der Waals surface area (Å²) in [4.78, 5) is 0. The highest BCUT2D eigenvalue weighted by Crippen LogP contribution is 2.70. The first-order chi connectivity index (χ1) is 17.2. The Morgan fingerprint density at radius 2 is 1.62 bits per heavy atom. The summed E-state index contributed by atoms with van der Waals surface area (Å²) in [5.41, 5.74) is 15.7. The predicted molar refractivity (Wildman–Crippen MR) is 162 cm³/mol. The second-order valence-corrected chi connectivity index (χ2v) is 14.4. The fourth-order valence-corrected chi connectivity index (χ4v) is 9.64. The van der Waals surface area contributed by atoms with Crippen LogP contribution in [-0.4, -0.2) is 0 Å². The summed E-state index contributed by atoms with van der Waals surface area (Å²) >= 11 is 0. The molecule has 0 amide bonds. The van der Waals surface area contributed by atoms with Crippen LogP contribution in [0, 0.1) is 35.0 Å². The quantitative estimate of drug-likeness (QED) is 0.392. The summed E-state index contributed by atoms with van der Waals surface area (Å²) in [6.07, 6.45) is 10.3. The summed E-state index contributed by atoms with van der Waals surface area (Å²) < 4.78 is 0. The third-order valence-corrected chi connectivity index (χ3v) is 11.6. The van der Waals surface area contributed by atoms with Crippen LogP contribution in [0.25, 0.3) is 5.57 Å². The zero-order valence-corrected chi connectivity index (χ0v) is 25.1. The third kappa shape index (κ3) is 3.76. The molecule has 3 atom stereocenters. The molecule has 0 N–H and O–H groups in total. The van der Waals surface area contributed by atoms with E-state index in [1.54, 1.807) is 11.1 Å². The molecule has 1 saturated carbocycles. The molecule has 4 aliphatic carbocycles. The molecular formula is C37H50. The number of fused-ring (bicyclic) bond motifs is 3. The first-order valence-electron chi connectivity index (χ1n) is 14.8. The molecule has 4 aliphatic rings. The smallest absolute Gasteiger partial charge is 0.0194 e. The lowest BCUT2D eigenvalue weighted by molar-refractivity contribution is 0.0543. The number of hydrogen-bond acceptors (Lipinski definition) is 0. The third-order valence-electron chi connectivity index (χ3n) is 11.6. The van der Waals surface area contributed by atoms with E-state index in [1.807, 2.05) is 0 Å². The molecule has 1 aromatic rings. The Morgan fingerprint density at radius 3 is 2.24 bits per heavy atom. The van der Waals surface area contributed by atoms with Gasteiger partial charge in [-0.1, -0.05) is 89.1 Å². The molecule has 0 spiro atoms. The van der Waals surface area contributed by atoms with Crippen molar-refractivity contribution in [1.29, 1.82) is 0 Å². The Labute approximate surface area is 227 Å². The Morgan fingerprint density at radius 1 is 0.973 bits per heavy atom. The molecule has 5 rings (SSSR count). The van der Waals surface area contributed by atoms with Crippen molar-refractivity contribution >= 4 is 5.57 Å². The molecule has 198 valence electrons. The van der Waals surface area contributed by atoms with Crippen LogP contribution in [0.1, 0.15) is 109 Å². The van der Waals surface area contributed by atoms with E-state index in [-0.39, 0.29) is 16.2 Å². The molecule has 1 fully saturated rings. The zero-order chi connectivity index (χ0) is 27.1. The van der Waals surface area contributed by atoms with Crippen molar-refractivity contribution in [3.05, 3.63) is 87.6 Å². The maximum Gasteiger partial charge on any atom is 0.0194 e. The summed E-state index contributed by atoms with van der Waals surface area (Å²) in [6, 6.07) is 4.84. The van der Waals surface area contributed by atoms with Crippen LogP contribution in [-0.2, 0) is 12.8 Å². The Kier molecular flexibility index (Phi) is 6.25. The van der Waals surface area contributed by atoms with Crippen LogP contribution in [0.3, 0.4) is 0 Å². The van der Waals surface area contributed by atoms with E-state index in [1.165, 1.54) is 83.1 Å². The number of benzene rings is 1. The van der Waals surface area contributed by atoms with E-state index in [9.17, 15) is 0 Å². The van der Waals surface area contributed by atoms with Gasteiger partial charge in [-0.3, -0.25) is 0 Å². The van der Waals surface area contributed by atoms with Crippen LogP contribution in [0.5, 0.6) is 0 Å². The van der Waals surface area contributed by atoms with Crippen LogP contribution < -0.4 is 0 Å². The zero-order valence-electron chi connectivity index (χ0n) is 25.1. The maximum absolute atomic E-state index is 4.86. The Balaban J connectivity index is 1.64. The molecule has 0 aliphatic heterocycles.